The van der Waals surface area contributed by atoms with E-state index < -0.39 is 0 Å². The Labute approximate surface area is 190 Å². The molecular formula is C22H23ClN4O3S. The van der Waals surface area contributed by atoms with Gasteiger partial charge in [0, 0.05) is 31.0 Å². The highest BCUT2D eigenvalue weighted by Gasteiger charge is 2.21. The average molecular weight is 459 g/mol. The second-order valence-corrected chi connectivity index (χ2v) is 7.68. The van der Waals surface area contributed by atoms with Crippen LogP contribution < -0.4 is 14.4 Å². The van der Waals surface area contributed by atoms with Gasteiger partial charge in [-0.3, -0.25) is 9.69 Å². The molecule has 0 atom stereocenters. The predicted octanol–water partition coefficient (Wildman–Crippen LogP) is 4.67. The summed E-state index contributed by atoms with van der Waals surface area (Å²) in [5.74, 6) is 1.31. The standard InChI is InChI=1S/C22H22N4O3S.ClH/c1-28-17-6-3-5-16(13-17)21(27)26(11-4-10-25-12-9-23-15-25)22-24-19-8-7-18(29-2)14-20(19)30-22;/h3,5-9,12-15H,4,10-11H2,1-2H3;1H. The van der Waals surface area contributed by atoms with E-state index in [1.807, 2.05) is 41.1 Å². The molecule has 4 aromatic rings. The van der Waals surface area contributed by atoms with Crippen molar-refractivity contribution in [1.82, 2.24) is 14.5 Å². The number of nitrogens with zero attached hydrogens (tertiary/aromatic N) is 4. The highest BCUT2D eigenvalue weighted by Crippen LogP contribution is 2.32. The lowest BCUT2D eigenvalue weighted by Gasteiger charge is -2.20. The third-order valence-corrected chi connectivity index (χ3v) is 5.78. The highest BCUT2D eigenvalue weighted by molar-refractivity contribution is 7.22. The van der Waals surface area contributed by atoms with Gasteiger partial charge in [0.2, 0.25) is 0 Å². The molecule has 7 nitrogen and oxygen atoms in total. The third-order valence-electron chi connectivity index (χ3n) is 4.73. The predicted molar refractivity (Wildman–Crippen MR) is 125 cm³/mol. The Morgan fingerprint density at radius 2 is 1.94 bits per heavy atom. The van der Waals surface area contributed by atoms with Gasteiger partial charge >= 0.3 is 0 Å². The Balaban J connectivity index is 0.00000272. The number of aromatic nitrogens is 3. The number of benzene rings is 2. The average Bonchev–Trinajstić information content (AvgIpc) is 3.45. The molecule has 0 fully saturated rings. The van der Waals surface area contributed by atoms with Gasteiger partial charge in [-0.15, -0.1) is 12.4 Å². The first kappa shape index (κ1) is 22.6. The summed E-state index contributed by atoms with van der Waals surface area (Å²) in [5, 5.41) is 0.664. The molecule has 0 unspecified atom stereocenters. The Hall–Kier alpha value is -3.10. The van der Waals surface area contributed by atoms with Crippen LogP contribution in [-0.2, 0) is 6.54 Å². The topological polar surface area (TPSA) is 69.5 Å². The minimum Gasteiger partial charge on any atom is -0.497 e. The minimum atomic E-state index is -0.106. The van der Waals surface area contributed by atoms with Crippen LogP contribution in [0.4, 0.5) is 5.13 Å². The number of fused-ring (bicyclic) bond motifs is 1. The summed E-state index contributed by atoms with van der Waals surface area (Å²) in [6, 6.07) is 12.9. The molecule has 0 saturated carbocycles. The molecule has 2 heterocycles. The van der Waals surface area contributed by atoms with Crippen LogP contribution in [-0.4, -0.2) is 41.2 Å². The zero-order valence-corrected chi connectivity index (χ0v) is 18.9. The number of amides is 1. The summed E-state index contributed by atoms with van der Waals surface area (Å²) in [6.07, 6.45) is 6.21. The van der Waals surface area contributed by atoms with Gasteiger partial charge < -0.3 is 14.0 Å². The third kappa shape index (κ3) is 5.15. The van der Waals surface area contributed by atoms with E-state index in [1.54, 1.807) is 43.8 Å². The molecule has 0 aliphatic rings. The number of halogens is 1. The van der Waals surface area contributed by atoms with Crippen molar-refractivity contribution >= 4 is 45.0 Å². The molecule has 31 heavy (non-hydrogen) atoms. The smallest absolute Gasteiger partial charge is 0.260 e. The largest absolute Gasteiger partial charge is 0.497 e. The van der Waals surface area contributed by atoms with E-state index in [9.17, 15) is 4.79 Å². The molecule has 0 spiro atoms. The second kappa shape index (κ2) is 10.3. The van der Waals surface area contributed by atoms with Crippen molar-refractivity contribution in [3.8, 4) is 11.5 Å². The Bertz CT molecular complexity index is 1150. The van der Waals surface area contributed by atoms with Gasteiger partial charge in [0.05, 0.1) is 30.8 Å². The van der Waals surface area contributed by atoms with Gasteiger partial charge in [0.15, 0.2) is 5.13 Å². The van der Waals surface area contributed by atoms with Gasteiger partial charge in [0.25, 0.3) is 5.91 Å². The molecule has 162 valence electrons. The minimum absolute atomic E-state index is 0. The lowest BCUT2D eigenvalue weighted by Crippen LogP contribution is -2.32. The molecular weight excluding hydrogens is 436 g/mol. The van der Waals surface area contributed by atoms with Crippen molar-refractivity contribution in [3.63, 3.8) is 0 Å². The lowest BCUT2D eigenvalue weighted by atomic mass is 10.2. The molecule has 0 N–H and O–H groups in total. The first-order chi connectivity index (χ1) is 14.7. The summed E-state index contributed by atoms with van der Waals surface area (Å²) in [4.78, 5) is 23.9. The number of methoxy groups -OCH3 is 2. The SMILES string of the molecule is COc1cccc(C(=O)N(CCCn2ccnc2)c2nc3ccc(OC)cc3s2)c1.Cl. The van der Waals surface area contributed by atoms with Gasteiger partial charge in [-0.2, -0.15) is 0 Å². The molecule has 0 radical (unpaired) electrons. The number of carbonyl (C=O) groups is 1. The fourth-order valence-corrected chi connectivity index (χ4v) is 4.18. The lowest BCUT2D eigenvalue weighted by molar-refractivity contribution is 0.0986. The molecule has 1 amide bonds. The number of hydrogen-bond acceptors (Lipinski definition) is 6. The van der Waals surface area contributed by atoms with Crippen LogP contribution in [0.5, 0.6) is 11.5 Å². The summed E-state index contributed by atoms with van der Waals surface area (Å²) < 4.78 is 13.6. The maximum atomic E-state index is 13.4. The number of aryl methyl sites for hydroxylation is 1. The number of imidazole rings is 1. The molecule has 0 bridgehead atoms. The molecule has 2 aromatic carbocycles. The van der Waals surface area contributed by atoms with Crippen molar-refractivity contribution in [2.45, 2.75) is 13.0 Å². The molecule has 0 aliphatic heterocycles. The highest BCUT2D eigenvalue weighted by atomic mass is 35.5. The summed E-state index contributed by atoms with van der Waals surface area (Å²) in [6.45, 7) is 1.30. The van der Waals surface area contributed by atoms with Crippen LogP contribution in [0.15, 0.2) is 61.2 Å². The Morgan fingerprint density at radius 3 is 2.68 bits per heavy atom. The van der Waals surface area contributed by atoms with Crippen LogP contribution >= 0.6 is 23.7 Å². The number of carbonyl (C=O) groups excluding carboxylic acids is 1. The summed E-state index contributed by atoms with van der Waals surface area (Å²) >= 11 is 1.48. The van der Waals surface area contributed by atoms with Crippen molar-refractivity contribution in [2.24, 2.45) is 0 Å². The van der Waals surface area contributed by atoms with E-state index in [2.05, 4.69) is 4.98 Å². The second-order valence-electron chi connectivity index (χ2n) is 6.67. The quantitative estimate of drug-likeness (QED) is 0.384. The van der Waals surface area contributed by atoms with Crippen LogP contribution in [0, 0.1) is 0 Å². The van der Waals surface area contributed by atoms with E-state index in [1.165, 1.54) is 11.3 Å². The van der Waals surface area contributed by atoms with E-state index in [4.69, 9.17) is 14.5 Å². The van der Waals surface area contributed by atoms with Crippen LogP contribution in [0.3, 0.4) is 0 Å². The molecule has 0 saturated heterocycles. The van der Waals surface area contributed by atoms with Gasteiger partial charge in [-0.05, 0) is 42.8 Å². The zero-order chi connectivity index (χ0) is 20.9. The van der Waals surface area contributed by atoms with Crippen molar-refractivity contribution in [3.05, 3.63) is 66.7 Å². The number of thiazole rings is 1. The van der Waals surface area contributed by atoms with Crippen molar-refractivity contribution in [1.29, 1.82) is 0 Å². The fraction of sp³-hybridized carbons (Fsp3) is 0.227. The molecule has 9 heteroatoms. The van der Waals surface area contributed by atoms with Crippen molar-refractivity contribution < 1.29 is 14.3 Å². The number of anilines is 1. The zero-order valence-electron chi connectivity index (χ0n) is 17.2. The normalized spacial score (nSPS) is 10.5. The fourth-order valence-electron chi connectivity index (χ4n) is 3.16. The van der Waals surface area contributed by atoms with E-state index in [-0.39, 0.29) is 18.3 Å². The Morgan fingerprint density at radius 1 is 1.13 bits per heavy atom. The van der Waals surface area contributed by atoms with Crippen molar-refractivity contribution in [2.75, 3.05) is 25.7 Å². The first-order valence-corrected chi connectivity index (χ1v) is 10.4. The molecule has 0 aliphatic carbocycles. The Kier molecular flexibility index (Phi) is 7.49. The van der Waals surface area contributed by atoms with Crippen LogP contribution in [0.25, 0.3) is 10.2 Å². The number of rotatable bonds is 8. The van der Waals surface area contributed by atoms with E-state index >= 15 is 0 Å². The summed E-state index contributed by atoms with van der Waals surface area (Å²) in [5.41, 5.74) is 1.41. The maximum Gasteiger partial charge on any atom is 0.260 e. The van der Waals surface area contributed by atoms with Crippen LogP contribution in [0.2, 0.25) is 0 Å². The number of ether oxygens (including phenoxy) is 2. The van der Waals surface area contributed by atoms with Gasteiger partial charge in [-0.1, -0.05) is 17.4 Å². The first-order valence-electron chi connectivity index (χ1n) is 9.54. The van der Waals surface area contributed by atoms with Crippen LogP contribution in [0.1, 0.15) is 16.8 Å². The van der Waals surface area contributed by atoms with E-state index in [0.717, 1.165) is 28.9 Å². The number of hydrogen-bond donors (Lipinski definition) is 0. The van der Waals surface area contributed by atoms with Gasteiger partial charge in [0.1, 0.15) is 11.5 Å². The molecule has 2 aromatic heterocycles. The summed E-state index contributed by atoms with van der Waals surface area (Å²) in [7, 11) is 3.23. The van der Waals surface area contributed by atoms with E-state index in [0.29, 0.717) is 23.0 Å². The molecule has 4 rings (SSSR count). The van der Waals surface area contributed by atoms with Gasteiger partial charge in [-0.25, -0.2) is 9.97 Å². The monoisotopic (exact) mass is 458 g/mol. The maximum absolute atomic E-state index is 13.4.